The number of aliphatic hydroxyl groups excluding tert-OH is 1. The van der Waals surface area contributed by atoms with Gasteiger partial charge in [-0.05, 0) is 30.9 Å². The van der Waals surface area contributed by atoms with Crippen molar-refractivity contribution in [1.82, 2.24) is 4.90 Å². The molecule has 2 aromatic rings. The first-order valence-electron chi connectivity index (χ1n) is 7.71. The van der Waals surface area contributed by atoms with Gasteiger partial charge in [-0.3, -0.25) is 4.90 Å². The van der Waals surface area contributed by atoms with Crippen LogP contribution in [0.25, 0.3) is 0 Å². The quantitative estimate of drug-likeness (QED) is 0.767. The normalized spacial score (nSPS) is 13.0. The summed E-state index contributed by atoms with van der Waals surface area (Å²) >= 11 is 1.76. The molecule has 120 valence electrons. The van der Waals surface area contributed by atoms with Gasteiger partial charge in [-0.15, -0.1) is 11.3 Å². The highest BCUT2D eigenvalue weighted by Gasteiger charge is 2.15. The molecule has 1 N–H and O–H groups in total. The lowest BCUT2D eigenvalue weighted by atomic mass is 10.2. The lowest BCUT2D eigenvalue weighted by Crippen LogP contribution is -2.38. The Morgan fingerprint density at radius 3 is 2.55 bits per heavy atom. The maximum absolute atomic E-state index is 10.2. The van der Waals surface area contributed by atoms with Crippen LogP contribution in [0, 0.1) is 0 Å². The molecule has 0 aliphatic carbocycles. The van der Waals surface area contributed by atoms with E-state index in [-0.39, 0.29) is 0 Å². The molecule has 1 atom stereocenters. The van der Waals surface area contributed by atoms with Crippen LogP contribution >= 0.6 is 11.3 Å². The van der Waals surface area contributed by atoms with E-state index in [0.29, 0.717) is 25.8 Å². The molecule has 0 radical (unpaired) electrons. The molecular formula is C18H25NO2S. The van der Waals surface area contributed by atoms with Crippen LogP contribution in [0.1, 0.15) is 24.3 Å². The highest BCUT2D eigenvalue weighted by Crippen LogP contribution is 2.14. The third-order valence-electron chi connectivity index (χ3n) is 3.54. The van der Waals surface area contributed by atoms with Gasteiger partial charge in [0.05, 0.1) is 19.3 Å². The number of thiophene rings is 1. The van der Waals surface area contributed by atoms with Crippen LogP contribution in [0.4, 0.5) is 0 Å². The summed E-state index contributed by atoms with van der Waals surface area (Å²) in [4.78, 5) is 3.61. The van der Waals surface area contributed by atoms with Crippen LogP contribution in [-0.2, 0) is 17.9 Å². The van der Waals surface area contributed by atoms with E-state index in [0.717, 1.165) is 12.1 Å². The van der Waals surface area contributed by atoms with E-state index >= 15 is 0 Å². The van der Waals surface area contributed by atoms with E-state index in [1.807, 2.05) is 30.3 Å². The van der Waals surface area contributed by atoms with Gasteiger partial charge in [-0.1, -0.05) is 36.4 Å². The van der Waals surface area contributed by atoms with Gasteiger partial charge in [0.25, 0.3) is 0 Å². The molecule has 2 rings (SSSR count). The number of hydrogen-bond donors (Lipinski definition) is 1. The SMILES string of the molecule is CC(C)N(Cc1cccs1)CC(O)COCc1ccccc1. The first-order chi connectivity index (χ1) is 10.6. The van der Waals surface area contributed by atoms with Crippen LogP contribution in [0.2, 0.25) is 0 Å². The van der Waals surface area contributed by atoms with E-state index in [1.165, 1.54) is 4.88 Å². The van der Waals surface area contributed by atoms with Gasteiger partial charge in [-0.2, -0.15) is 0 Å². The van der Waals surface area contributed by atoms with Crippen LogP contribution < -0.4 is 0 Å². The molecule has 0 spiro atoms. The maximum Gasteiger partial charge on any atom is 0.0900 e. The second-order valence-electron chi connectivity index (χ2n) is 5.76. The summed E-state index contributed by atoms with van der Waals surface area (Å²) in [5.74, 6) is 0. The molecule has 0 aliphatic rings. The molecular weight excluding hydrogens is 294 g/mol. The Morgan fingerprint density at radius 2 is 1.91 bits per heavy atom. The Morgan fingerprint density at radius 1 is 1.14 bits per heavy atom. The van der Waals surface area contributed by atoms with Crippen molar-refractivity contribution in [1.29, 1.82) is 0 Å². The second kappa shape index (κ2) is 9.06. The molecule has 3 nitrogen and oxygen atoms in total. The largest absolute Gasteiger partial charge is 0.389 e. The Labute approximate surface area is 137 Å². The highest BCUT2D eigenvalue weighted by atomic mass is 32.1. The van der Waals surface area contributed by atoms with Gasteiger partial charge >= 0.3 is 0 Å². The molecule has 0 bridgehead atoms. The molecule has 1 heterocycles. The van der Waals surface area contributed by atoms with Gasteiger partial charge in [0.2, 0.25) is 0 Å². The van der Waals surface area contributed by atoms with Crippen LogP contribution in [0.3, 0.4) is 0 Å². The van der Waals surface area contributed by atoms with Gasteiger partial charge in [0.1, 0.15) is 0 Å². The van der Waals surface area contributed by atoms with Crippen molar-refractivity contribution in [3.8, 4) is 0 Å². The van der Waals surface area contributed by atoms with Crippen molar-refractivity contribution >= 4 is 11.3 Å². The summed E-state index contributed by atoms with van der Waals surface area (Å²) in [5, 5.41) is 12.3. The van der Waals surface area contributed by atoms with E-state index < -0.39 is 6.10 Å². The lowest BCUT2D eigenvalue weighted by molar-refractivity contribution is 0.00333. The van der Waals surface area contributed by atoms with Gasteiger partial charge < -0.3 is 9.84 Å². The van der Waals surface area contributed by atoms with Crippen molar-refractivity contribution < 1.29 is 9.84 Å². The van der Waals surface area contributed by atoms with Gasteiger partial charge in [-0.25, -0.2) is 0 Å². The first kappa shape index (κ1) is 17.2. The summed E-state index contributed by atoms with van der Waals surface area (Å²) in [7, 11) is 0. The number of ether oxygens (including phenoxy) is 1. The molecule has 22 heavy (non-hydrogen) atoms. The number of nitrogens with zero attached hydrogens (tertiary/aromatic N) is 1. The molecule has 1 unspecified atom stereocenters. The van der Waals surface area contributed by atoms with Gasteiger partial charge in [0, 0.05) is 24.0 Å². The average molecular weight is 319 g/mol. The fourth-order valence-electron chi connectivity index (χ4n) is 2.27. The van der Waals surface area contributed by atoms with Crippen molar-refractivity contribution in [2.75, 3.05) is 13.2 Å². The van der Waals surface area contributed by atoms with Crippen LogP contribution in [0.15, 0.2) is 47.8 Å². The summed E-state index contributed by atoms with van der Waals surface area (Å²) < 4.78 is 5.62. The van der Waals surface area contributed by atoms with E-state index in [2.05, 4.69) is 36.3 Å². The molecule has 0 amide bonds. The Kier molecular flexibility index (Phi) is 7.06. The average Bonchev–Trinajstić information content (AvgIpc) is 3.00. The number of hydrogen-bond acceptors (Lipinski definition) is 4. The minimum atomic E-state index is -0.467. The predicted octanol–water partition coefficient (Wildman–Crippen LogP) is 3.54. The van der Waals surface area contributed by atoms with E-state index in [9.17, 15) is 5.11 Å². The van der Waals surface area contributed by atoms with Crippen molar-refractivity contribution in [3.05, 3.63) is 58.3 Å². The summed E-state index contributed by atoms with van der Waals surface area (Å²) in [5.41, 5.74) is 1.13. The third kappa shape index (κ3) is 5.89. The predicted molar refractivity (Wildman–Crippen MR) is 92.0 cm³/mol. The van der Waals surface area contributed by atoms with Crippen molar-refractivity contribution in [2.24, 2.45) is 0 Å². The fraction of sp³-hybridized carbons (Fsp3) is 0.444. The molecule has 0 fully saturated rings. The maximum atomic E-state index is 10.2. The summed E-state index contributed by atoms with van der Waals surface area (Å²) in [6.07, 6.45) is -0.467. The Balaban J connectivity index is 1.74. The monoisotopic (exact) mass is 319 g/mol. The Hall–Kier alpha value is -1.20. The van der Waals surface area contributed by atoms with Crippen LogP contribution in [0.5, 0.6) is 0 Å². The second-order valence-corrected chi connectivity index (χ2v) is 6.79. The molecule has 1 aromatic carbocycles. The number of aliphatic hydroxyl groups is 1. The topological polar surface area (TPSA) is 32.7 Å². The zero-order valence-corrected chi connectivity index (χ0v) is 14.1. The minimum absolute atomic E-state index is 0.364. The summed E-state index contributed by atoms with van der Waals surface area (Å²) in [6, 6.07) is 14.6. The fourth-order valence-corrected chi connectivity index (χ4v) is 3.00. The van der Waals surface area contributed by atoms with Crippen LogP contribution in [-0.4, -0.2) is 35.3 Å². The molecule has 0 saturated heterocycles. The molecule has 1 aromatic heterocycles. The third-order valence-corrected chi connectivity index (χ3v) is 4.40. The molecule has 4 heteroatoms. The zero-order valence-electron chi connectivity index (χ0n) is 13.3. The van der Waals surface area contributed by atoms with Crippen molar-refractivity contribution in [3.63, 3.8) is 0 Å². The standard InChI is InChI=1S/C18H25NO2S/c1-15(2)19(12-18-9-6-10-22-18)11-17(20)14-21-13-16-7-4-3-5-8-16/h3-10,15,17,20H,11-14H2,1-2H3. The minimum Gasteiger partial charge on any atom is -0.389 e. The Bertz CT molecular complexity index is 513. The summed E-state index contributed by atoms with van der Waals surface area (Å²) in [6.45, 7) is 6.73. The highest BCUT2D eigenvalue weighted by molar-refractivity contribution is 7.09. The number of rotatable bonds is 9. The van der Waals surface area contributed by atoms with Gasteiger partial charge in [0.15, 0.2) is 0 Å². The van der Waals surface area contributed by atoms with E-state index in [1.54, 1.807) is 11.3 Å². The van der Waals surface area contributed by atoms with E-state index in [4.69, 9.17) is 4.74 Å². The number of benzene rings is 1. The first-order valence-corrected chi connectivity index (χ1v) is 8.59. The molecule has 0 saturated carbocycles. The lowest BCUT2D eigenvalue weighted by Gasteiger charge is -2.28. The van der Waals surface area contributed by atoms with Crippen molar-refractivity contribution in [2.45, 2.75) is 39.1 Å². The smallest absolute Gasteiger partial charge is 0.0900 e. The zero-order chi connectivity index (χ0) is 15.8. The molecule has 0 aliphatic heterocycles.